The molecule has 5 heterocycles. The molecule has 0 atom stereocenters. The molecular weight excluding hydrogens is 952 g/mol. The number of benzene rings is 8. The van der Waals surface area contributed by atoms with Gasteiger partial charge >= 0.3 is 0 Å². The van der Waals surface area contributed by atoms with E-state index in [-0.39, 0.29) is 27.1 Å². The predicted octanol–water partition coefficient (Wildman–Crippen LogP) is 19.3. The highest BCUT2D eigenvalue weighted by atomic mass is 32.1. The van der Waals surface area contributed by atoms with Crippen LogP contribution in [0.15, 0.2) is 121 Å². The fourth-order valence-corrected chi connectivity index (χ4v) is 17.4. The van der Waals surface area contributed by atoms with Crippen molar-refractivity contribution in [2.24, 2.45) is 0 Å². The van der Waals surface area contributed by atoms with Crippen LogP contribution in [0.1, 0.15) is 130 Å². The Hall–Kier alpha value is -5.92. The van der Waals surface area contributed by atoms with E-state index in [1.54, 1.807) is 0 Å². The van der Waals surface area contributed by atoms with Crippen molar-refractivity contribution in [3.63, 3.8) is 0 Å². The van der Waals surface area contributed by atoms with Gasteiger partial charge in [-0.05, 0) is 164 Å². The van der Waals surface area contributed by atoms with Gasteiger partial charge in [0.05, 0.1) is 11.0 Å². The van der Waals surface area contributed by atoms with E-state index in [9.17, 15) is 0 Å². The third-order valence-corrected chi connectivity index (χ3v) is 21.9. The molecule has 74 heavy (non-hydrogen) atoms. The second-order valence-corrected chi connectivity index (χ2v) is 29.3. The molecule has 1 N–H and O–H groups in total. The summed E-state index contributed by atoms with van der Waals surface area (Å²) in [5.41, 5.74) is 19.1. The minimum absolute atomic E-state index is 0.0580. The smallest absolute Gasteiger partial charge is 0.198 e. The Morgan fingerprint density at radius 2 is 1.04 bits per heavy atom. The fraction of sp³-hybridized carbons (Fsp3) is 0.294. The van der Waals surface area contributed by atoms with Crippen LogP contribution in [0.25, 0.3) is 99.1 Å². The van der Waals surface area contributed by atoms with Crippen LogP contribution in [0.4, 0.5) is 11.4 Å². The second-order valence-electron chi connectivity index (χ2n) is 26.1. The summed E-state index contributed by atoms with van der Waals surface area (Å²) in [5.74, 6) is 0. The Balaban J connectivity index is 1.12. The minimum Gasteiger partial charge on any atom is -0.355 e. The summed E-state index contributed by atoms with van der Waals surface area (Å²) in [6, 6.07) is 48.1. The van der Waals surface area contributed by atoms with Crippen LogP contribution in [0.5, 0.6) is 0 Å². The van der Waals surface area contributed by atoms with Gasteiger partial charge in [0, 0.05) is 93.9 Å². The number of aromatic nitrogens is 1. The van der Waals surface area contributed by atoms with E-state index in [1.165, 1.54) is 164 Å². The lowest BCUT2D eigenvalue weighted by Crippen LogP contribution is -2.37. The Bertz CT molecular complexity index is 4460. The van der Waals surface area contributed by atoms with Gasteiger partial charge in [0.15, 0.2) is 7.28 Å². The summed E-state index contributed by atoms with van der Waals surface area (Å²) in [6.07, 6.45) is 4.75. The van der Waals surface area contributed by atoms with Crippen molar-refractivity contribution in [2.75, 3.05) is 5.32 Å². The molecule has 1 radical (unpaired) electrons. The first kappa shape index (κ1) is 45.5. The molecule has 0 fully saturated rings. The van der Waals surface area contributed by atoms with Gasteiger partial charge in [0.2, 0.25) is 0 Å². The van der Waals surface area contributed by atoms with E-state index < -0.39 is 0 Å². The first-order valence-corrected chi connectivity index (χ1v) is 29.4. The number of nitrogens with zero attached hydrogens (tertiary/aromatic N) is 1. The molecule has 365 valence electrons. The largest absolute Gasteiger partial charge is 0.355 e. The average Bonchev–Trinajstić information content (AvgIpc) is 4.12. The van der Waals surface area contributed by atoms with Gasteiger partial charge < -0.3 is 9.88 Å². The highest BCUT2D eigenvalue weighted by Gasteiger charge is 2.41. The molecule has 0 unspecified atom stereocenters. The molecule has 0 spiro atoms. The van der Waals surface area contributed by atoms with E-state index >= 15 is 0 Å². The average molecular weight is 1010 g/mol. The van der Waals surface area contributed by atoms with Crippen LogP contribution >= 0.6 is 34.0 Å². The van der Waals surface area contributed by atoms with Crippen molar-refractivity contribution in [2.45, 2.75) is 129 Å². The Morgan fingerprint density at radius 1 is 0.500 bits per heavy atom. The molecule has 15 rings (SSSR count). The number of hydrogen-bond donors (Lipinski definition) is 1. The van der Waals surface area contributed by atoms with Crippen LogP contribution in [-0.4, -0.2) is 11.8 Å². The highest BCUT2D eigenvalue weighted by Crippen LogP contribution is 2.55. The molecule has 3 aliphatic rings. The first-order valence-electron chi connectivity index (χ1n) is 27.0. The van der Waals surface area contributed by atoms with Gasteiger partial charge in [-0.1, -0.05) is 130 Å². The van der Waals surface area contributed by atoms with E-state index in [4.69, 9.17) is 0 Å². The van der Waals surface area contributed by atoms with Crippen molar-refractivity contribution in [3.8, 4) is 16.8 Å². The molecule has 2 nitrogen and oxygen atoms in total. The van der Waals surface area contributed by atoms with Crippen molar-refractivity contribution in [1.82, 2.24) is 4.57 Å². The summed E-state index contributed by atoms with van der Waals surface area (Å²) in [4.78, 5) is 0. The molecule has 2 aliphatic carbocycles. The van der Waals surface area contributed by atoms with Gasteiger partial charge in [-0.3, -0.25) is 0 Å². The molecule has 0 saturated carbocycles. The van der Waals surface area contributed by atoms with Crippen molar-refractivity contribution < 1.29 is 0 Å². The molecule has 1 aliphatic heterocycles. The summed E-state index contributed by atoms with van der Waals surface area (Å²) < 4.78 is 10.8. The second kappa shape index (κ2) is 14.9. The number of fused-ring (bicyclic) bond motifs is 17. The zero-order valence-corrected chi connectivity index (χ0v) is 47.1. The summed E-state index contributed by atoms with van der Waals surface area (Å²) in [6.45, 7) is 26.7. The van der Waals surface area contributed by atoms with Crippen molar-refractivity contribution in [3.05, 3.63) is 149 Å². The molecule has 12 aromatic rings. The topological polar surface area (TPSA) is 17.0 Å². The summed E-state index contributed by atoms with van der Waals surface area (Å²) in [7, 11) is 2.59. The maximum atomic E-state index is 4.14. The number of thiophene rings is 3. The van der Waals surface area contributed by atoms with Crippen LogP contribution < -0.4 is 16.2 Å². The molecular formula is C68H62BN2S3. The van der Waals surface area contributed by atoms with E-state index in [2.05, 4.69) is 215 Å². The number of hydrogen-bond acceptors (Lipinski definition) is 4. The van der Waals surface area contributed by atoms with Gasteiger partial charge in [0.25, 0.3) is 0 Å². The van der Waals surface area contributed by atoms with Crippen LogP contribution in [0.3, 0.4) is 0 Å². The normalized spacial score (nSPS) is 17.4. The SMILES string of the molecule is CC(C)(C)c1ccc(Nc2cc3sc4cc5c(cc4c3cc2-c2c3c4c(c6cc7c(cc6n4-c4cc6c(cc4[B]3)sc3ccccc36)C(C)(C)CCC7(C)C)c3sc4ccccc4c23)C(C)(C)CCC5(C)C)cc1. The van der Waals surface area contributed by atoms with E-state index in [0.717, 1.165) is 11.4 Å². The monoisotopic (exact) mass is 1010 g/mol. The quantitative estimate of drug-likeness (QED) is 0.175. The molecule has 8 aromatic carbocycles. The van der Waals surface area contributed by atoms with Crippen molar-refractivity contribution >= 4 is 146 Å². The van der Waals surface area contributed by atoms with Crippen LogP contribution in [-0.2, 0) is 27.1 Å². The van der Waals surface area contributed by atoms with Crippen LogP contribution in [0, 0.1) is 0 Å². The molecule has 4 aromatic heterocycles. The van der Waals surface area contributed by atoms with E-state index in [0.29, 0.717) is 0 Å². The van der Waals surface area contributed by atoms with E-state index in [1.807, 2.05) is 34.0 Å². The lowest BCUT2D eigenvalue weighted by molar-refractivity contribution is 0.332. The Labute approximate surface area is 447 Å². The summed E-state index contributed by atoms with van der Waals surface area (Å²) >= 11 is 5.87. The number of rotatable bonds is 3. The Morgan fingerprint density at radius 3 is 1.72 bits per heavy atom. The molecule has 6 heteroatoms. The zero-order chi connectivity index (χ0) is 50.7. The minimum atomic E-state index is 0.0580. The molecule has 0 saturated heterocycles. The molecule has 0 amide bonds. The predicted molar refractivity (Wildman–Crippen MR) is 329 cm³/mol. The lowest BCUT2D eigenvalue weighted by Gasteiger charge is -2.42. The van der Waals surface area contributed by atoms with Crippen LogP contribution in [0.2, 0.25) is 0 Å². The van der Waals surface area contributed by atoms with Gasteiger partial charge in [-0.25, -0.2) is 0 Å². The van der Waals surface area contributed by atoms with Gasteiger partial charge in [0.1, 0.15) is 0 Å². The highest BCUT2D eigenvalue weighted by molar-refractivity contribution is 7.27. The maximum Gasteiger partial charge on any atom is 0.198 e. The molecule has 0 bridgehead atoms. The standard InChI is InChI=1S/C68H62BN2S3/c1-64(2,3)36-20-22-37(23-21-36)70-50-35-57-40(41-29-45-48(33-55(41)73-57)68(10,11)27-25-65(45,4)5)28-43(50)58-59-39-17-13-15-19-54(39)74-63(59)60-44-30-46-47(67(8,9)26-24-66(46,6)7)32-51(44)71-52-31-42-38-16-12-14-18-53(38)72-56(42)34-49(52)69-61(58)62(60)71/h12-23,28-35,70H,24-27H2,1-11H3. The fourth-order valence-electron chi connectivity index (χ4n) is 13.9. The van der Waals surface area contributed by atoms with Crippen molar-refractivity contribution in [1.29, 1.82) is 0 Å². The third-order valence-electron chi connectivity index (χ3n) is 18.5. The summed E-state index contributed by atoms with van der Waals surface area (Å²) in [5, 5.41) is 15.0. The number of nitrogens with one attached hydrogen (secondary N) is 1. The first-order chi connectivity index (χ1) is 35.2. The third kappa shape index (κ3) is 6.34. The lowest BCUT2D eigenvalue weighted by atomic mass is 9.58. The Kier molecular flexibility index (Phi) is 9.17. The zero-order valence-electron chi connectivity index (χ0n) is 44.6. The van der Waals surface area contributed by atoms with Gasteiger partial charge in [-0.2, -0.15) is 0 Å². The van der Waals surface area contributed by atoms with Gasteiger partial charge in [-0.15, -0.1) is 34.0 Å². The number of anilines is 2. The maximum absolute atomic E-state index is 4.14.